The van der Waals surface area contributed by atoms with Gasteiger partial charge in [-0.2, -0.15) is 0 Å². The van der Waals surface area contributed by atoms with E-state index in [1.165, 1.54) is 24.3 Å². The fraction of sp³-hybridized carbons (Fsp3) is 0.533. The highest BCUT2D eigenvalue weighted by atomic mass is 16.6. The number of piperidine rings is 1. The Morgan fingerprint density at radius 3 is 2.24 bits per heavy atom. The van der Waals surface area contributed by atoms with Crippen molar-refractivity contribution in [3.63, 3.8) is 0 Å². The molecule has 0 aromatic rings. The molecule has 37 heavy (non-hydrogen) atoms. The lowest BCUT2D eigenvalue weighted by molar-refractivity contribution is -0.137. The molecule has 1 saturated heterocycles. The highest BCUT2D eigenvalue weighted by Crippen LogP contribution is 2.32. The first-order valence-electron chi connectivity index (χ1n) is 12.8. The van der Waals surface area contributed by atoms with Crippen LogP contribution in [0.1, 0.15) is 80.6 Å². The van der Waals surface area contributed by atoms with E-state index in [1.54, 1.807) is 24.2 Å². The van der Waals surface area contributed by atoms with E-state index >= 15 is 0 Å². The van der Waals surface area contributed by atoms with Gasteiger partial charge in [-0.05, 0) is 91.5 Å². The molecule has 0 aromatic heterocycles. The van der Waals surface area contributed by atoms with Crippen molar-refractivity contribution in [3.05, 3.63) is 60.0 Å². The van der Waals surface area contributed by atoms with E-state index in [0.717, 1.165) is 36.8 Å². The standard InChI is InChI=1S/C24H35N3O3.C3H6O.C3H6/c1-8-18-11-13-19(14-12-18)17(2)21(16-25-6)27-15-9-10-20(22(27)28)26(7)23(29)30-24(3,4)5;1-3(2)4;1-3-2/h11,13,16,20H,2,6,8-10,12,14-15H2,1,3-5,7H3;1-2H3;3H,1H2,2H3/b21-16+;;. The molecule has 0 radical (unpaired) electrons. The number of carbonyl (C=O) groups excluding carboxylic acids is 3. The van der Waals surface area contributed by atoms with Crippen LogP contribution in [-0.2, 0) is 14.3 Å². The van der Waals surface area contributed by atoms with Crippen molar-refractivity contribution >= 4 is 24.5 Å². The Bertz CT molecular complexity index is 931. The molecule has 1 unspecified atom stereocenters. The summed E-state index contributed by atoms with van der Waals surface area (Å²) in [5.41, 5.74) is 3.32. The highest BCUT2D eigenvalue weighted by Gasteiger charge is 2.37. The van der Waals surface area contributed by atoms with Crippen LogP contribution in [-0.4, -0.2) is 59.5 Å². The van der Waals surface area contributed by atoms with Gasteiger partial charge in [0.05, 0.1) is 11.9 Å². The number of carbonyl (C=O) groups is 3. The Morgan fingerprint density at radius 2 is 1.81 bits per heavy atom. The van der Waals surface area contributed by atoms with E-state index in [2.05, 4.69) is 43.9 Å². The lowest BCUT2D eigenvalue weighted by atomic mass is 9.90. The second kappa shape index (κ2) is 16.5. The average molecular weight is 514 g/mol. The number of likely N-dealkylation sites (tertiary alicyclic amines) is 1. The molecule has 0 saturated carbocycles. The molecule has 0 bridgehead atoms. The summed E-state index contributed by atoms with van der Waals surface area (Å²) >= 11 is 0. The van der Waals surface area contributed by atoms with Crippen molar-refractivity contribution in [3.8, 4) is 0 Å². The number of rotatable bonds is 6. The molecule has 1 aliphatic carbocycles. The number of hydrogen-bond acceptors (Lipinski definition) is 5. The van der Waals surface area contributed by atoms with Gasteiger partial charge in [-0.15, -0.1) is 6.58 Å². The molecule has 2 aliphatic rings. The lowest BCUT2D eigenvalue weighted by Gasteiger charge is -2.38. The zero-order valence-electron chi connectivity index (χ0n) is 24.2. The number of nitrogens with zero attached hydrogens (tertiary/aromatic N) is 3. The summed E-state index contributed by atoms with van der Waals surface area (Å²) in [6, 6.07) is -0.582. The molecule has 2 rings (SSSR count). The van der Waals surface area contributed by atoms with Crippen LogP contribution in [0.25, 0.3) is 0 Å². The summed E-state index contributed by atoms with van der Waals surface area (Å²) in [6.07, 6.45) is 11.3. The largest absolute Gasteiger partial charge is 0.444 e. The molecule has 1 atom stereocenters. The van der Waals surface area contributed by atoms with Crippen LogP contribution in [0.3, 0.4) is 0 Å². The maximum absolute atomic E-state index is 13.3. The summed E-state index contributed by atoms with van der Waals surface area (Å²) < 4.78 is 5.45. The molecule has 0 N–H and O–H groups in total. The van der Waals surface area contributed by atoms with Gasteiger partial charge >= 0.3 is 6.09 Å². The van der Waals surface area contributed by atoms with Crippen molar-refractivity contribution in [1.82, 2.24) is 9.80 Å². The highest BCUT2D eigenvalue weighted by molar-refractivity contribution is 5.88. The SMILES string of the molecule is C=CC.C=N/C=C(\C(=C)C1=CC=C(CC)CC1)N1CCCC(N(C)C(=O)OC(C)(C)C)C1=O.CC(C)=O. The summed E-state index contributed by atoms with van der Waals surface area (Å²) in [6.45, 7) is 24.3. The van der Waals surface area contributed by atoms with Gasteiger partial charge in [0.25, 0.3) is 0 Å². The van der Waals surface area contributed by atoms with E-state index in [9.17, 15) is 14.4 Å². The monoisotopic (exact) mass is 513 g/mol. The third-order valence-corrected chi connectivity index (χ3v) is 5.45. The minimum atomic E-state index is -0.618. The Hall–Kier alpha value is -3.22. The van der Waals surface area contributed by atoms with Crippen LogP contribution < -0.4 is 0 Å². The van der Waals surface area contributed by atoms with Gasteiger partial charge in [-0.1, -0.05) is 37.3 Å². The molecule has 1 fully saturated rings. The minimum Gasteiger partial charge on any atom is -0.444 e. The zero-order valence-corrected chi connectivity index (χ0v) is 24.2. The van der Waals surface area contributed by atoms with E-state index in [4.69, 9.17) is 4.74 Å². The molecular weight excluding hydrogens is 466 g/mol. The van der Waals surface area contributed by atoms with Gasteiger partial charge in [-0.25, -0.2) is 4.79 Å². The third kappa shape index (κ3) is 12.0. The number of likely N-dealkylation sites (N-methyl/N-ethyl adjacent to an activating group) is 1. The number of allylic oxidation sites excluding steroid dienone is 5. The predicted octanol–water partition coefficient (Wildman–Crippen LogP) is 6.79. The van der Waals surface area contributed by atoms with Gasteiger partial charge in [0.1, 0.15) is 17.4 Å². The summed E-state index contributed by atoms with van der Waals surface area (Å²) in [4.78, 5) is 42.3. The summed E-state index contributed by atoms with van der Waals surface area (Å²) in [5, 5.41) is 0. The maximum atomic E-state index is 13.3. The number of ether oxygens (including phenoxy) is 1. The fourth-order valence-electron chi connectivity index (χ4n) is 3.70. The first-order chi connectivity index (χ1) is 17.2. The smallest absolute Gasteiger partial charge is 0.410 e. The maximum Gasteiger partial charge on any atom is 0.410 e. The molecule has 206 valence electrons. The van der Waals surface area contributed by atoms with Crippen molar-refractivity contribution < 1.29 is 19.1 Å². The topological polar surface area (TPSA) is 79.3 Å². The second-order valence-electron chi connectivity index (χ2n) is 10.1. The van der Waals surface area contributed by atoms with Gasteiger partial charge in [-0.3, -0.25) is 14.7 Å². The lowest BCUT2D eigenvalue weighted by Crippen LogP contribution is -2.53. The molecule has 0 aromatic carbocycles. The van der Waals surface area contributed by atoms with E-state index in [1.807, 2.05) is 27.7 Å². The van der Waals surface area contributed by atoms with Crippen LogP contribution in [0.4, 0.5) is 4.79 Å². The number of ketones is 1. The average Bonchev–Trinajstić information content (AvgIpc) is 2.81. The number of aliphatic imine (C=N–C) groups is 1. The quantitative estimate of drug-likeness (QED) is 0.223. The molecule has 2 amide bonds. The molecule has 0 spiro atoms. The van der Waals surface area contributed by atoms with Crippen LogP contribution >= 0.6 is 0 Å². The Labute approximate surface area is 224 Å². The molecular formula is C30H47N3O4. The predicted molar refractivity (Wildman–Crippen MR) is 153 cm³/mol. The van der Waals surface area contributed by atoms with Crippen LogP contribution in [0.2, 0.25) is 0 Å². The first-order valence-corrected chi connectivity index (χ1v) is 12.8. The molecule has 1 aliphatic heterocycles. The van der Waals surface area contributed by atoms with Crippen LogP contribution in [0.5, 0.6) is 0 Å². The van der Waals surface area contributed by atoms with Crippen LogP contribution in [0, 0.1) is 0 Å². The zero-order chi connectivity index (χ0) is 28.8. The Kier molecular flexibility index (Phi) is 15.1. The van der Waals surface area contributed by atoms with Gasteiger partial charge < -0.3 is 14.4 Å². The van der Waals surface area contributed by atoms with Gasteiger partial charge in [0.2, 0.25) is 5.91 Å². The van der Waals surface area contributed by atoms with Crippen LogP contribution in [0.15, 0.2) is 65.0 Å². The fourth-order valence-corrected chi connectivity index (χ4v) is 3.70. The number of amides is 2. The second-order valence-corrected chi connectivity index (χ2v) is 10.1. The molecule has 7 heteroatoms. The molecule has 7 nitrogen and oxygen atoms in total. The third-order valence-electron chi connectivity index (χ3n) is 5.45. The minimum absolute atomic E-state index is 0.146. The molecule has 1 heterocycles. The Balaban J connectivity index is 0.00000165. The summed E-state index contributed by atoms with van der Waals surface area (Å²) in [5.74, 6) is 0.0202. The van der Waals surface area contributed by atoms with E-state index < -0.39 is 17.7 Å². The van der Waals surface area contributed by atoms with Crippen molar-refractivity contribution in [2.24, 2.45) is 4.99 Å². The van der Waals surface area contributed by atoms with Crippen molar-refractivity contribution in [2.75, 3.05) is 13.6 Å². The first kappa shape index (κ1) is 33.8. The van der Waals surface area contributed by atoms with Crippen molar-refractivity contribution in [1.29, 1.82) is 0 Å². The number of Topliss-reactive ketones (excluding diaryl/α,β-unsaturated/α-hetero) is 1. The number of hydrogen-bond donors (Lipinski definition) is 0. The van der Waals surface area contributed by atoms with Gasteiger partial charge in [0.15, 0.2) is 0 Å². The van der Waals surface area contributed by atoms with Crippen molar-refractivity contribution in [2.45, 2.75) is 92.2 Å². The normalized spacial score (nSPS) is 17.5. The van der Waals surface area contributed by atoms with E-state index in [-0.39, 0.29) is 11.7 Å². The Morgan fingerprint density at radius 1 is 1.24 bits per heavy atom. The van der Waals surface area contributed by atoms with E-state index in [0.29, 0.717) is 18.7 Å². The van der Waals surface area contributed by atoms with Gasteiger partial charge in [0, 0.05) is 13.6 Å². The summed E-state index contributed by atoms with van der Waals surface area (Å²) in [7, 11) is 1.62.